The van der Waals surface area contributed by atoms with Crippen LogP contribution in [-0.4, -0.2) is 57.9 Å². The summed E-state index contributed by atoms with van der Waals surface area (Å²) in [7, 11) is -2.25. The van der Waals surface area contributed by atoms with Crippen molar-refractivity contribution in [3.05, 3.63) is 114 Å². The Bertz CT molecular complexity index is 1240. The van der Waals surface area contributed by atoms with Gasteiger partial charge in [-0.2, -0.15) is 0 Å². The molecule has 0 aliphatic carbocycles. The maximum Gasteiger partial charge on any atom is 0.202 e. The molecule has 0 amide bonds. The van der Waals surface area contributed by atoms with Gasteiger partial charge in [-0.1, -0.05) is 78.9 Å². The molecule has 1 saturated heterocycles. The van der Waals surface area contributed by atoms with Gasteiger partial charge in [-0.3, -0.25) is 0 Å². The lowest BCUT2D eigenvalue weighted by Crippen LogP contribution is -2.61. The van der Waals surface area contributed by atoms with Crippen LogP contribution in [0.25, 0.3) is 0 Å². The van der Waals surface area contributed by atoms with Gasteiger partial charge in [-0.05, 0) is 23.3 Å². The van der Waals surface area contributed by atoms with Crippen LogP contribution in [0.3, 0.4) is 0 Å². The molecule has 0 unspecified atom stereocenters. The molecule has 0 saturated carbocycles. The van der Waals surface area contributed by atoms with Crippen LogP contribution in [0.15, 0.2) is 108 Å². The van der Waals surface area contributed by atoms with Gasteiger partial charge in [0.25, 0.3) is 0 Å². The van der Waals surface area contributed by atoms with E-state index < -0.39 is 47.2 Å². The van der Waals surface area contributed by atoms with Crippen molar-refractivity contribution >= 4 is 9.84 Å². The van der Waals surface area contributed by atoms with E-state index in [1.807, 2.05) is 60.7 Å². The van der Waals surface area contributed by atoms with Crippen LogP contribution < -0.4 is 0 Å². The fraction of sp³-hybridized carbons (Fsp3) is 0.310. The largest absolute Gasteiger partial charge is 0.492 e. The lowest BCUT2D eigenvalue weighted by molar-refractivity contribution is -0.314. The Balaban J connectivity index is 1.58. The molecule has 38 heavy (non-hydrogen) atoms. The van der Waals surface area contributed by atoms with Crippen LogP contribution in [-0.2, 0) is 46.7 Å². The standard InChI is InChI=1S/C29H32O8S/c1-33-29-28(36-21-23-13-7-3-8-14-23)27(35-20-22-11-5-2-6-12-22)26(25(19-30)37-29)34-17-18-38(31,32)24-15-9-4-10-16-24/h2-18,25-30H,19-21H2,1H3/b18-17+/t25-,26-,27+,28-,29+/m1/s1. The van der Waals surface area contributed by atoms with E-state index in [1.54, 1.807) is 18.2 Å². The number of ether oxygens (including phenoxy) is 5. The first-order valence-corrected chi connectivity index (χ1v) is 13.8. The molecular formula is C29H32O8S. The topological polar surface area (TPSA) is 101 Å². The van der Waals surface area contributed by atoms with E-state index in [9.17, 15) is 13.5 Å². The zero-order valence-corrected chi connectivity index (χ0v) is 21.9. The van der Waals surface area contributed by atoms with Gasteiger partial charge >= 0.3 is 0 Å². The zero-order valence-electron chi connectivity index (χ0n) is 21.0. The van der Waals surface area contributed by atoms with Gasteiger partial charge in [0.15, 0.2) is 12.4 Å². The number of sulfone groups is 1. The van der Waals surface area contributed by atoms with Crippen molar-refractivity contribution in [1.82, 2.24) is 0 Å². The molecule has 0 aromatic heterocycles. The second-order valence-corrected chi connectivity index (χ2v) is 10.5. The second-order valence-electron chi connectivity index (χ2n) is 8.71. The van der Waals surface area contributed by atoms with Crippen LogP contribution in [0, 0.1) is 0 Å². The molecule has 8 nitrogen and oxygen atoms in total. The van der Waals surface area contributed by atoms with Crippen molar-refractivity contribution < 1.29 is 37.2 Å². The van der Waals surface area contributed by atoms with Gasteiger partial charge in [0.2, 0.25) is 9.84 Å². The molecule has 5 atom stereocenters. The molecule has 1 heterocycles. The van der Waals surface area contributed by atoms with Crippen molar-refractivity contribution in [1.29, 1.82) is 0 Å². The highest BCUT2D eigenvalue weighted by molar-refractivity contribution is 7.94. The predicted molar refractivity (Wildman–Crippen MR) is 140 cm³/mol. The fourth-order valence-electron chi connectivity index (χ4n) is 4.16. The first kappa shape index (κ1) is 28.0. The van der Waals surface area contributed by atoms with E-state index in [2.05, 4.69) is 0 Å². The summed E-state index contributed by atoms with van der Waals surface area (Å²) in [4.78, 5) is 0.138. The van der Waals surface area contributed by atoms with E-state index in [1.165, 1.54) is 19.2 Å². The average Bonchev–Trinajstić information content (AvgIpc) is 2.96. The molecule has 1 aliphatic heterocycles. The summed E-state index contributed by atoms with van der Waals surface area (Å²) in [6.45, 7) is 0.0895. The highest BCUT2D eigenvalue weighted by Gasteiger charge is 2.49. The number of aliphatic hydroxyl groups excluding tert-OH is 1. The fourth-order valence-corrected chi connectivity index (χ4v) is 5.07. The SMILES string of the molecule is CO[C@H]1O[C@H](CO)[C@@H](O/C=C/S(=O)(=O)c2ccccc2)[C@H](OCc2ccccc2)[C@H]1OCc1ccccc1. The van der Waals surface area contributed by atoms with Gasteiger partial charge in [-0.25, -0.2) is 8.42 Å². The molecular weight excluding hydrogens is 508 g/mol. The summed E-state index contributed by atoms with van der Waals surface area (Å²) in [5.41, 5.74) is 1.87. The van der Waals surface area contributed by atoms with Crippen molar-refractivity contribution in [3.8, 4) is 0 Å². The van der Waals surface area contributed by atoms with E-state index in [-0.39, 0.29) is 18.1 Å². The number of benzene rings is 3. The van der Waals surface area contributed by atoms with Crippen molar-refractivity contribution in [2.24, 2.45) is 0 Å². The summed E-state index contributed by atoms with van der Waals surface area (Å²) in [5, 5.41) is 11.1. The Labute approximate surface area is 223 Å². The third kappa shape index (κ3) is 7.28. The first-order chi connectivity index (χ1) is 18.5. The number of aliphatic hydroxyl groups is 1. The molecule has 0 spiro atoms. The Hall–Kier alpha value is -3.05. The molecule has 1 fully saturated rings. The molecule has 0 radical (unpaired) electrons. The minimum Gasteiger partial charge on any atom is -0.492 e. The smallest absolute Gasteiger partial charge is 0.202 e. The maximum absolute atomic E-state index is 12.7. The van der Waals surface area contributed by atoms with Crippen molar-refractivity contribution in [2.75, 3.05) is 13.7 Å². The summed E-state index contributed by atoms with van der Waals surface area (Å²) in [5.74, 6) is 0. The minimum absolute atomic E-state index is 0.138. The second kappa shape index (κ2) is 13.7. The maximum atomic E-state index is 12.7. The quantitative estimate of drug-likeness (QED) is 0.346. The van der Waals surface area contributed by atoms with E-state index in [0.29, 0.717) is 0 Å². The van der Waals surface area contributed by atoms with Crippen molar-refractivity contribution in [3.63, 3.8) is 0 Å². The highest BCUT2D eigenvalue weighted by Crippen LogP contribution is 2.30. The minimum atomic E-state index is -3.74. The normalized spacial score (nSPS) is 23.9. The molecule has 9 heteroatoms. The molecule has 202 valence electrons. The van der Waals surface area contributed by atoms with E-state index in [4.69, 9.17) is 23.7 Å². The lowest BCUT2D eigenvalue weighted by atomic mass is 9.98. The number of methoxy groups -OCH3 is 1. The van der Waals surface area contributed by atoms with E-state index in [0.717, 1.165) is 22.8 Å². The molecule has 1 aliphatic rings. The Morgan fingerprint density at radius 2 is 1.32 bits per heavy atom. The van der Waals surface area contributed by atoms with E-state index >= 15 is 0 Å². The summed E-state index contributed by atoms with van der Waals surface area (Å²) in [6.07, 6.45) is -3.01. The Morgan fingerprint density at radius 1 is 0.789 bits per heavy atom. The molecule has 1 N–H and O–H groups in total. The van der Waals surface area contributed by atoms with Gasteiger partial charge < -0.3 is 28.8 Å². The van der Waals surface area contributed by atoms with Crippen LogP contribution in [0.5, 0.6) is 0 Å². The summed E-state index contributed by atoms with van der Waals surface area (Å²) >= 11 is 0. The average molecular weight is 541 g/mol. The molecule has 4 rings (SSSR count). The summed E-state index contributed by atoms with van der Waals surface area (Å²) < 4.78 is 55.4. The van der Waals surface area contributed by atoms with Crippen LogP contribution in [0.1, 0.15) is 11.1 Å². The molecule has 3 aromatic carbocycles. The van der Waals surface area contributed by atoms with Gasteiger partial charge in [0.05, 0.1) is 36.4 Å². The van der Waals surface area contributed by atoms with Gasteiger partial charge in [-0.15, -0.1) is 0 Å². The summed E-state index contributed by atoms with van der Waals surface area (Å²) in [6, 6.07) is 27.2. The Morgan fingerprint density at radius 3 is 1.84 bits per heavy atom. The van der Waals surface area contributed by atoms with Crippen LogP contribution in [0.4, 0.5) is 0 Å². The third-order valence-electron chi connectivity index (χ3n) is 6.12. The molecule has 0 bridgehead atoms. The zero-order chi connectivity index (χ0) is 26.8. The monoisotopic (exact) mass is 540 g/mol. The van der Waals surface area contributed by atoms with Crippen LogP contribution in [0.2, 0.25) is 0 Å². The first-order valence-electron chi connectivity index (χ1n) is 12.2. The third-order valence-corrected chi connectivity index (χ3v) is 7.51. The molecule has 3 aromatic rings. The predicted octanol–water partition coefficient (Wildman–Crippen LogP) is 3.85. The van der Waals surface area contributed by atoms with Crippen molar-refractivity contribution in [2.45, 2.75) is 48.8 Å². The highest BCUT2D eigenvalue weighted by atomic mass is 32.2. The van der Waals surface area contributed by atoms with Gasteiger partial charge in [0, 0.05) is 7.11 Å². The number of hydrogen-bond donors (Lipinski definition) is 1. The number of rotatable bonds is 12. The lowest BCUT2D eigenvalue weighted by Gasteiger charge is -2.44. The number of hydrogen-bond acceptors (Lipinski definition) is 8. The van der Waals surface area contributed by atoms with Gasteiger partial charge in [0.1, 0.15) is 18.3 Å². The Kier molecular flexibility index (Phi) is 10.1. The van der Waals surface area contributed by atoms with Crippen LogP contribution >= 0.6 is 0 Å².